The predicted octanol–water partition coefficient (Wildman–Crippen LogP) is 1.98. The highest BCUT2D eigenvalue weighted by atomic mass is 16.1. The summed E-state index contributed by atoms with van der Waals surface area (Å²) in [5.74, 6) is 0. The summed E-state index contributed by atoms with van der Waals surface area (Å²) >= 11 is 0. The average Bonchev–Trinajstić information content (AvgIpc) is 2.06. The van der Waals surface area contributed by atoms with Gasteiger partial charge in [-0.05, 0) is 19.1 Å². The van der Waals surface area contributed by atoms with Gasteiger partial charge in [-0.3, -0.25) is 9.79 Å². The highest BCUT2D eigenvalue weighted by Crippen LogP contribution is 2.09. The molecule has 0 unspecified atom stereocenters. The molecule has 0 aliphatic carbocycles. The van der Waals surface area contributed by atoms with E-state index in [1.165, 1.54) is 0 Å². The number of carbonyl (C=O) groups is 1. The van der Waals surface area contributed by atoms with Crippen molar-refractivity contribution in [3.05, 3.63) is 30.3 Å². The molecule has 11 heavy (non-hydrogen) atoms. The molecule has 1 aromatic rings. The van der Waals surface area contributed by atoms with Crippen molar-refractivity contribution in [1.82, 2.24) is 0 Å². The first-order valence-electron chi connectivity index (χ1n) is 3.38. The van der Waals surface area contributed by atoms with E-state index in [2.05, 4.69) is 4.99 Å². The summed E-state index contributed by atoms with van der Waals surface area (Å²) in [5.41, 5.74) is 1.31. The lowest BCUT2D eigenvalue weighted by molar-refractivity contribution is -0.102. The standard InChI is InChI=1S/C9H9NO/c1-8(7-11)10-9-5-3-2-4-6-9/h2-7H,1H3/b10-8+. The van der Waals surface area contributed by atoms with E-state index in [-0.39, 0.29) is 0 Å². The molecule has 2 heteroatoms. The summed E-state index contributed by atoms with van der Waals surface area (Å²) in [6, 6.07) is 9.39. The topological polar surface area (TPSA) is 29.4 Å². The Kier molecular flexibility index (Phi) is 2.55. The second-order valence-corrected chi connectivity index (χ2v) is 2.21. The van der Waals surface area contributed by atoms with Crippen LogP contribution in [0.5, 0.6) is 0 Å². The zero-order valence-corrected chi connectivity index (χ0v) is 6.32. The normalized spacial score (nSPS) is 11.2. The number of hydrogen-bond acceptors (Lipinski definition) is 2. The Morgan fingerprint density at radius 2 is 2.00 bits per heavy atom. The number of aliphatic imine (C=N–C) groups is 1. The minimum Gasteiger partial charge on any atom is -0.297 e. The molecule has 0 N–H and O–H groups in total. The summed E-state index contributed by atoms with van der Waals surface area (Å²) < 4.78 is 0. The molecule has 0 radical (unpaired) electrons. The van der Waals surface area contributed by atoms with Gasteiger partial charge in [-0.1, -0.05) is 18.2 Å². The molecule has 1 rings (SSSR count). The fraction of sp³-hybridized carbons (Fsp3) is 0.111. The molecular weight excluding hydrogens is 138 g/mol. The van der Waals surface area contributed by atoms with E-state index in [1.807, 2.05) is 30.3 Å². The van der Waals surface area contributed by atoms with Crippen LogP contribution >= 0.6 is 0 Å². The largest absolute Gasteiger partial charge is 0.297 e. The van der Waals surface area contributed by atoms with Gasteiger partial charge < -0.3 is 0 Å². The smallest absolute Gasteiger partial charge is 0.163 e. The van der Waals surface area contributed by atoms with Crippen LogP contribution in [0.3, 0.4) is 0 Å². The minimum absolute atomic E-state index is 0.496. The maximum Gasteiger partial charge on any atom is 0.163 e. The summed E-state index contributed by atoms with van der Waals surface area (Å²) in [5, 5.41) is 0. The van der Waals surface area contributed by atoms with Crippen LogP contribution in [-0.4, -0.2) is 12.0 Å². The van der Waals surface area contributed by atoms with Gasteiger partial charge in [0, 0.05) is 0 Å². The van der Waals surface area contributed by atoms with Crippen molar-refractivity contribution in [2.75, 3.05) is 0 Å². The van der Waals surface area contributed by atoms with E-state index < -0.39 is 0 Å². The zero-order chi connectivity index (χ0) is 8.10. The van der Waals surface area contributed by atoms with E-state index in [1.54, 1.807) is 6.92 Å². The lowest BCUT2D eigenvalue weighted by Crippen LogP contribution is -1.88. The number of benzene rings is 1. The molecule has 0 bridgehead atoms. The molecule has 0 heterocycles. The number of hydrogen-bond donors (Lipinski definition) is 0. The first-order valence-corrected chi connectivity index (χ1v) is 3.38. The molecule has 1 aromatic carbocycles. The predicted molar refractivity (Wildman–Crippen MR) is 45.3 cm³/mol. The Morgan fingerprint density at radius 1 is 1.36 bits per heavy atom. The third kappa shape index (κ3) is 2.34. The number of para-hydroxylation sites is 1. The van der Waals surface area contributed by atoms with E-state index in [0.29, 0.717) is 5.71 Å². The first-order chi connectivity index (χ1) is 5.33. The molecule has 2 nitrogen and oxygen atoms in total. The third-order valence-corrected chi connectivity index (χ3v) is 1.23. The molecule has 0 spiro atoms. The van der Waals surface area contributed by atoms with Crippen molar-refractivity contribution in [1.29, 1.82) is 0 Å². The van der Waals surface area contributed by atoms with Crippen LogP contribution in [0, 0.1) is 0 Å². The highest BCUT2D eigenvalue weighted by Gasteiger charge is 1.87. The molecule has 56 valence electrons. The summed E-state index contributed by atoms with van der Waals surface area (Å²) in [6.07, 6.45) is 0.743. The van der Waals surface area contributed by atoms with Crippen molar-refractivity contribution in [2.45, 2.75) is 6.92 Å². The molecule has 0 aliphatic heterocycles. The lowest BCUT2D eigenvalue weighted by atomic mass is 10.3. The second kappa shape index (κ2) is 3.66. The maximum absolute atomic E-state index is 10.2. The van der Waals surface area contributed by atoms with Gasteiger partial charge in [0.25, 0.3) is 0 Å². The van der Waals surface area contributed by atoms with Crippen molar-refractivity contribution in [3.63, 3.8) is 0 Å². The van der Waals surface area contributed by atoms with Crippen LogP contribution < -0.4 is 0 Å². The van der Waals surface area contributed by atoms with Gasteiger partial charge in [-0.25, -0.2) is 0 Å². The first kappa shape index (κ1) is 7.66. The Hall–Kier alpha value is -1.44. The van der Waals surface area contributed by atoms with Gasteiger partial charge in [0.15, 0.2) is 6.29 Å². The van der Waals surface area contributed by atoms with Crippen LogP contribution in [0.25, 0.3) is 0 Å². The summed E-state index contributed by atoms with van der Waals surface area (Å²) in [7, 11) is 0. The van der Waals surface area contributed by atoms with Gasteiger partial charge in [0.1, 0.15) is 0 Å². The van der Waals surface area contributed by atoms with Gasteiger partial charge in [-0.2, -0.15) is 0 Å². The van der Waals surface area contributed by atoms with Crippen molar-refractivity contribution in [3.8, 4) is 0 Å². The lowest BCUT2D eigenvalue weighted by Gasteiger charge is -1.90. The fourth-order valence-corrected chi connectivity index (χ4v) is 0.733. The summed E-state index contributed by atoms with van der Waals surface area (Å²) in [4.78, 5) is 14.2. The van der Waals surface area contributed by atoms with Gasteiger partial charge in [0.05, 0.1) is 11.4 Å². The van der Waals surface area contributed by atoms with Crippen LogP contribution in [0.1, 0.15) is 6.92 Å². The average molecular weight is 147 g/mol. The van der Waals surface area contributed by atoms with Crippen LogP contribution in [0.15, 0.2) is 35.3 Å². The van der Waals surface area contributed by atoms with E-state index in [4.69, 9.17) is 0 Å². The number of nitrogens with zero attached hydrogens (tertiary/aromatic N) is 1. The Labute approximate surface area is 65.6 Å². The van der Waals surface area contributed by atoms with Crippen LogP contribution in [-0.2, 0) is 4.79 Å². The Balaban J connectivity index is 2.87. The molecule has 0 aromatic heterocycles. The third-order valence-electron chi connectivity index (χ3n) is 1.23. The second-order valence-electron chi connectivity index (χ2n) is 2.21. The van der Waals surface area contributed by atoms with E-state index in [0.717, 1.165) is 12.0 Å². The summed E-state index contributed by atoms with van der Waals surface area (Å²) in [6.45, 7) is 1.68. The monoisotopic (exact) mass is 147 g/mol. The van der Waals surface area contributed by atoms with E-state index >= 15 is 0 Å². The van der Waals surface area contributed by atoms with Crippen LogP contribution in [0.4, 0.5) is 5.69 Å². The van der Waals surface area contributed by atoms with Gasteiger partial charge in [0.2, 0.25) is 0 Å². The number of rotatable bonds is 2. The highest BCUT2D eigenvalue weighted by molar-refractivity contribution is 6.27. The molecule has 0 fully saturated rings. The van der Waals surface area contributed by atoms with E-state index in [9.17, 15) is 4.79 Å². The number of carbonyl (C=O) groups excluding carboxylic acids is 1. The van der Waals surface area contributed by atoms with Crippen molar-refractivity contribution in [2.24, 2.45) is 4.99 Å². The van der Waals surface area contributed by atoms with Crippen LogP contribution in [0.2, 0.25) is 0 Å². The Morgan fingerprint density at radius 3 is 2.55 bits per heavy atom. The maximum atomic E-state index is 10.2. The van der Waals surface area contributed by atoms with Crippen molar-refractivity contribution >= 4 is 17.7 Å². The quantitative estimate of drug-likeness (QED) is 0.464. The minimum atomic E-state index is 0.496. The fourth-order valence-electron chi connectivity index (χ4n) is 0.733. The SMILES string of the molecule is C/C(C=O)=N\c1ccccc1. The molecule has 0 amide bonds. The molecule has 0 saturated heterocycles. The van der Waals surface area contributed by atoms with Gasteiger partial charge in [-0.15, -0.1) is 0 Å². The Bertz CT molecular complexity index is 264. The zero-order valence-electron chi connectivity index (χ0n) is 6.32. The molecule has 0 aliphatic rings. The molecule has 0 atom stereocenters. The van der Waals surface area contributed by atoms with Crippen molar-refractivity contribution < 1.29 is 4.79 Å². The molecular formula is C9H9NO. The van der Waals surface area contributed by atoms with Gasteiger partial charge >= 0.3 is 0 Å². The molecule has 0 saturated carbocycles. The number of aldehydes is 1.